The molecule has 3 N–H and O–H groups in total. The maximum Gasteiger partial charge on any atom is 0.306 e. The molecule has 0 aliphatic rings. The van der Waals surface area contributed by atoms with Gasteiger partial charge in [-0.05, 0) is 70.6 Å². The molecule has 0 aromatic rings. The van der Waals surface area contributed by atoms with Crippen LogP contribution in [0.2, 0.25) is 0 Å². The lowest BCUT2D eigenvalue weighted by atomic mass is 10.0. The van der Waals surface area contributed by atoms with E-state index in [4.69, 9.17) is 4.74 Å². The predicted molar refractivity (Wildman–Crippen MR) is 246 cm³/mol. The van der Waals surface area contributed by atoms with Crippen molar-refractivity contribution in [2.75, 3.05) is 6.61 Å². The molecule has 3 atom stereocenters. The topological polar surface area (TPSA) is 95.9 Å². The Kier molecular flexibility index (Phi) is 44.1. The predicted octanol–water partition coefficient (Wildman–Crippen LogP) is 14.7. The molecule has 0 saturated carbocycles. The third-order valence-electron chi connectivity index (χ3n) is 11.5. The van der Waals surface area contributed by atoms with Gasteiger partial charge in [-0.3, -0.25) is 9.59 Å². The van der Waals surface area contributed by atoms with Gasteiger partial charge in [0, 0.05) is 6.42 Å². The minimum atomic E-state index is -0.785. The Balaban J connectivity index is 4.57. The van der Waals surface area contributed by atoms with Crippen LogP contribution in [0.3, 0.4) is 0 Å². The molecule has 57 heavy (non-hydrogen) atoms. The molecule has 6 nitrogen and oxygen atoms in total. The quantitative estimate of drug-likeness (QED) is 0.0324. The summed E-state index contributed by atoms with van der Waals surface area (Å²) in [6.07, 6.45) is 50.9. The van der Waals surface area contributed by atoms with Crippen molar-refractivity contribution < 1.29 is 24.5 Å². The van der Waals surface area contributed by atoms with Crippen molar-refractivity contribution in [1.29, 1.82) is 0 Å². The van der Waals surface area contributed by atoms with Crippen LogP contribution in [0.5, 0.6) is 0 Å². The van der Waals surface area contributed by atoms with E-state index in [0.29, 0.717) is 19.3 Å². The van der Waals surface area contributed by atoms with Gasteiger partial charge in [-0.25, -0.2) is 0 Å². The average Bonchev–Trinajstić information content (AvgIpc) is 3.20. The van der Waals surface area contributed by atoms with Crippen molar-refractivity contribution in [2.45, 2.75) is 283 Å². The number of carbonyl (C=O) groups is 2. The Labute approximate surface area is 354 Å². The number of aliphatic hydroxyl groups is 2. The van der Waals surface area contributed by atoms with Gasteiger partial charge < -0.3 is 20.3 Å². The Morgan fingerprint density at radius 3 is 1.30 bits per heavy atom. The summed E-state index contributed by atoms with van der Waals surface area (Å²) >= 11 is 0. The van der Waals surface area contributed by atoms with Crippen molar-refractivity contribution in [3.8, 4) is 0 Å². The van der Waals surface area contributed by atoms with E-state index >= 15 is 0 Å². The largest absolute Gasteiger partial charge is 0.462 e. The molecular weight excluding hydrogens is 707 g/mol. The third-order valence-corrected chi connectivity index (χ3v) is 11.5. The van der Waals surface area contributed by atoms with Crippen LogP contribution in [0.4, 0.5) is 0 Å². The molecule has 336 valence electrons. The fourth-order valence-corrected chi connectivity index (χ4v) is 7.64. The molecule has 6 heteroatoms. The van der Waals surface area contributed by atoms with E-state index in [2.05, 4.69) is 50.4 Å². The number of ether oxygens (including phenoxy) is 1. The first-order chi connectivity index (χ1) is 28.0. The highest BCUT2D eigenvalue weighted by atomic mass is 16.5. The Bertz CT molecular complexity index is 904. The maximum atomic E-state index is 13.2. The summed E-state index contributed by atoms with van der Waals surface area (Å²) in [6, 6.07) is -0.699. The number of rotatable bonds is 45. The first kappa shape index (κ1) is 55.3. The van der Waals surface area contributed by atoms with Crippen molar-refractivity contribution >= 4 is 11.9 Å². The Morgan fingerprint density at radius 2 is 0.860 bits per heavy atom. The second-order valence-corrected chi connectivity index (χ2v) is 17.2. The van der Waals surface area contributed by atoms with Crippen LogP contribution in [0, 0.1) is 0 Å². The van der Waals surface area contributed by atoms with Crippen molar-refractivity contribution in [3.05, 3.63) is 24.3 Å². The number of nitrogens with one attached hydrogen (secondary N) is 1. The summed E-state index contributed by atoms with van der Waals surface area (Å²) in [6.45, 7) is 6.44. The second kappa shape index (κ2) is 45.4. The van der Waals surface area contributed by atoms with E-state index in [9.17, 15) is 19.8 Å². The lowest BCUT2D eigenvalue weighted by Crippen LogP contribution is -2.46. The Morgan fingerprint density at radius 1 is 0.491 bits per heavy atom. The summed E-state index contributed by atoms with van der Waals surface area (Å²) in [4.78, 5) is 26.0. The molecule has 0 aromatic carbocycles. The Hall–Kier alpha value is -1.66. The van der Waals surface area contributed by atoms with Gasteiger partial charge >= 0.3 is 5.97 Å². The number of amides is 1. The molecular formula is C51H97NO5. The molecule has 0 saturated heterocycles. The minimum absolute atomic E-state index is 0.0748. The van der Waals surface area contributed by atoms with Gasteiger partial charge in [0.1, 0.15) is 6.10 Å². The van der Waals surface area contributed by atoms with E-state index in [0.717, 1.165) is 64.2 Å². The molecule has 0 aliphatic carbocycles. The number of allylic oxidation sites excluding steroid dienone is 4. The van der Waals surface area contributed by atoms with E-state index in [1.807, 2.05) is 0 Å². The number of aliphatic hydroxyl groups excluding tert-OH is 2. The van der Waals surface area contributed by atoms with E-state index in [1.54, 1.807) is 0 Å². The molecule has 0 aliphatic heterocycles. The average molecular weight is 804 g/mol. The maximum absolute atomic E-state index is 13.2. The second-order valence-electron chi connectivity index (χ2n) is 17.2. The normalized spacial score (nSPS) is 13.4. The summed E-state index contributed by atoms with van der Waals surface area (Å²) in [5, 5.41) is 23.7. The SMILES string of the molecule is CCCC/C=C\CCCCCCCC(=O)OC(CCCCCCCCC/C=C/CCCCCCCC)CC(=O)NC(CO)C(O)CCCCCCCCCCCC. The summed E-state index contributed by atoms with van der Waals surface area (Å²) in [5.41, 5.74) is 0. The molecule has 0 bridgehead atoms. The number of carbonyl (C=O) groups excluding carboxylic acids is 2. The van der Waals surface area contributed by atoms with Gasteiger partial charge in [0.25, 0.3) is 0 Å². The van der Waals surface area contributed by atoms with Gasteiger partial charge in [0.05, 0.1) is 25.2 Å². The van der Waals surface area contributed by atoms with Crippen LogP contribution >= 0.6 is 0 Å². The highest BCUT2D eigenvalue weighted by molar-refractivity contribution is 5.77. The molecule has 1 amide bonds. The van der Waals surface area contributed by atoms with Gasteiger partial charge in [-0.15, -0.1) is 0 Å². The molecule has 0 rings (SSSR count). The molecule has 3 unspecified atom stereocenters. The van der Waals surface area contributed by atoms with Crippen LogP contribution in [0.1, 0.15) is 265 Å². The van der Waals surface area contributed by atoms with Crippen LogP contribution in [0.25, 0.3) is 0 Å². The van der Waals surface area contributed by atoms with E-state index in [-0.39, 0.29) is 24.9 Å². The van der Waals surface area contributed by atoms with Gasteiger partial charge in [-0.1, -0.05) is 206 Å². The van der Waals surface area contributed by atoms with Gasteiger partial charge in [0.15, 0.2) is 0 Å². The van der Waals surface area contributed by atoms with Gasteiger partial charge in [0.2, 0.25) is 5.91 Å². The zero-order chi connectivity index (χ0) is 41.7. The summed E-state index contributed by atoms with van der Waals surface area (Å²) in [7, 11) is 0. The first-order valence-corrected chi connectivity index (χ1v) is 25.1. The summed E-state index contributed by atoms with van der Waals surface area (Å²) in [5.74, 6) is -0.480. The van der Waals surface area contributed by atoms with Crippen molar-refractivity contribution in [1.82, 2.24) is 5.32 Å². The molecule has 0 fully saturated rings. The van der Waals surface area contributed by atoms with Crippen LogP contribution in [-0.2, 0) is 14.3 Å². The standard InChI is InChI=1S/C51H97NO5/c1-4-7-10-13-16-19-22-23-24-25-26-27-29-30-33-36-39-42-47(57-51(56)44-41-38-35-32-28-20-17-14-11-8-5-2)45-50(55)52-48(46-53)49(54)43-40-37-34-31-21-18-15-12-9-6-3/h14,17,23-24,47-49,53-54H,4-13,15-16,18-22,25-46H2,1-3H3,(H,52,55)/b17-14-,24-23+. The van der Waals surface area contributed by atoms with E-state index in [1.165, 1.54) is 154 Å². The lowest BCUT2D eigenvalue weighted by Gasteiger charge is -2.24. The minimum Gasteiger partial charge on any atom is -0.462 e. The zero-order valence-corrected chi connectivity index (χ0v) is 38.2. The number of esters is 1. The smallest absolute Gasteiger partial charge is 0.306 e. The molecule has 0 heterocycles. The van der Waals surface area contributed by atoms with Crippen molar-refractivity contribution in [2.24, 2.45) is 0 Å². The van der Waals surface area contributed by atoms with Gasteiger partial charge in [-0.2, -0.15) is 0 Å². The molecule has 0 spiro atoms. The third kappa shape index (κ3) is 40.9. The fourth-order valence-electron chi connectivity index (χ4n) is 7.64. The van der Waals surface area contributed by atoms with Crippen LogP contribution in [0.15, 0.2) is 24.3 Å². The monoisotopic (exact) mass is 804 g/mol. The number of unbranched alkanes of at least 4 members (excludes halogenated alkanes) is 29. The zero-order valence-electron chi connectivity index (χ0n) is 38.2. The number of hydrogen-bond acceptors (Lipinski definition) is 5. The van der Waals surface area contributed by atoms with Crippen LogP contribution < -0.4 is 5.32 Å². The highest BCUT2D eigenvalue weighted by Gasteiger charge is 2.24. The van der Waals surface area contributed by atoms with E-state index < -0.39 is 18.2 Å². The molecule has 0 radical (unpaired) electrons. The van der Waals surface area contributed by atoms with Crippen LogP contribution in [-0.4, -0.2) is 46.9 Å². The highest BCUT2D eigenvalue weighted by Crippen LogP contribution is 2.18. The molecule has 0 aromatic heterocycles. The first-order valence-electron chi connectivity index (χ1n) is 25.1. The lowest BCUT2D eigenvalue weighted by molar-refractivity contribution is -0.151. The van der Waals surface area contributed by atoms with Crippen molar-refractivity contribution in [3.63, 3.8) is 0 Å². The number of hydrogen-bond donors (Lipinski definition) is 3. The fraction of sp³-hybridized carbons (Fsp3) is 0.882. The summed E-state index contributed by atoms with van der Waals surface area (Å²) < 4.78 is 5.92.